The van der Waals surface area contributed by atoms with Crippen molar-refractivity contribution in [3.05, 3.63) is 30.1 Å². The number of carbonyl (C=O) groups is 2. The molecule has 1 heterocycles. The van der Waals surface area contributed by atoms with Crippen LogP contribution < -0.4 is 0 Å². The van der Waals surface area contributed by atoms with Crippen LogP contribution in [0.3, 0.4) is 0 Å². The Balaban J connectivity index is 2.69. The van der Waals surface area contributed by atoms with Crippen LogP contribution in [0.5, 0.6) is 0 Å². The van der Waals surface area contributed by atoms with Crippen LogP contribution in [0.25, 0.3) is 0 Å². The zero-order valence-corrected chi connectivity index (χ0v) is 10.9. The van der Waals surface area contributed by atoms with Crippen LogP contribution in [-0.4, -0.2) is 33.9 Å². The molecule has 0 saturated heterocycles. The Labute approximate surface area is 106 Å². The topological polar surface area (TPSA) is 70.5 Å². The molecule has 1 amide bonds. The van der Waals surface area contributed by atoms with Crippen molar-refractivity contribution >= 4 is 11.9 Å². The van der Waals surface area contributed by atoms with E-state index in [2.05, 4.69) is 4.98 Å². The Hall–Kier alpha value is -1.91. The van der Waals surface area contributed by atoms with E-state index in [1.165, 1.54) is 4.90 Å². The second kappa shape index (κ2) is 5.62. The molecule has 0 aromatic carbocycles. The molecule has 5 heteroatoms. The Kier molecular flexibility index (Phi) is 4.42. The molecule has 0 atom stereocenters. The van der Waals surface area contributed by atoms with E-state index in [-0.39, 0.29) is 12.3 Å². The first kappa shape index (κ1) is 14.2. The molecule has 0 bridgehead atoms. The summed E-state index contributed by atoms with van der Waals surface area (Å²) >= 11 is 0. The van der Waals surface area contributed by atoms with Gasteiger partial charge in [-0.2, -0.15) is 0 Å². The van der Waals surface area contributed by atoms with Crippen LogP contribution in [0.15, 0.2) is 24.5 Å². The molecule has 1 rings (SSSR count). The fourth-order valence-electron chi connectivity index (χ4n) is 1.80. The van der Waals surface area contributed by atoms with Crippen molar-refractivity contribution in [2.24, 2.45) is 5.41 Å². The normalized spacial score (nSPS) is 11.1. The van der Waals surface area contributed by atoms with Gasteiger partial charge in [-0.1, -0.05) is 13.8 Å². The first-order chi connectivity index (χ1) is 8.33. The summed E-state index contributed by atoms with van der Waals surface area (Å²) in [7, 11) is 1.67. The molecule has 98 valence electrons. The summed E-state index contributed by atoms with van der Waals surface area (Å²) < 4.78 is 0. The number of carbonyl (C=O) groups excluding carboxylic acids is 1. The van der Waals surface area contributed by atoms with E-state index in [1.807, 2.05) is 12.1 Å². The molecule has 5 nitrogen and oxygen atoms in total. The molecule has 0 radical (unpaired) electrons. The van der Waals surface area contributed by atoms with Crippen molar-refractivity contribution in [1.29, 1.82) is 0 Å². The smallest absolute Gasteiger partial charge is 0.304 e. The predicted molar refractivity (Wildman–Crippen MR) is 66.7 cm³/mol. The third kappa shape index (κ3) is 3.84. The highest BCUT2D eigenvalue weighted by Crippen LogP contribution is 2.23. The maximum absolute atomic E-state index is 12.2. The number of carboxylic acids is 1. The molecule has 0 aliphatic heterocycles. The minimum absolute atomic E-state index is 0.174. The molecule has 1 aromatic heterocycles. The minimum Gasteiger partial charge on any atom is -0.481 e. The van der Waals surface area contributed by atoms with Crippen LogP contribution in [0.2, 0.25) is 0 Å². The Bertz CT molecular complexity index is 429. The molecule has 0 fully saturated rings. The van der Waals surface area contributed by atoms with Gasteiger partial charge in [-0.3, -0.25) is 14.6 Å². The van der Waals surface area contributed by atoms with E-state index in [0.29, 0.717) is 6.54 Å². The van der Waals surface area contributed by atoms with Gasteiger partial charge >= 0.3 is 5.97 Å². The number of aliphatic carboxylic acids is 1. The van der Waals surface area contributed by atoms with Gasteiger partial charge in [0.1, 0.15) is 0 Å². The van der Waals surface area contributed by atoms with Gasteiger partial charge in [-0.05, 0) is 17.7 Å². The lowest BCUT2D eigenvalue weighted by Gasteiger charge is -2.28. The van der Waals surface area contributed by atoms with E-state index in [0.717, 1.165) is 5.56 Å². The molecule has 0 saturated carbocycles. The van der Waals surface area contributed by atoms with E-state index in [4.69, 9.17) is 5.11 Å². The lowest BCUT2D eigenvalue weighted by Crippen LogP contribution is -2.39. The monoisotopic (exact) mass is 250 g/mol. The van der Waals surface area contributed by atoms with E-state index < -0.39 is 11.4 Å². The summed E-state index contributed by atoms with van der Waals surface area (Å²) in [6.45, 7) is 3.74. The zero-order valence-electron chi connectivity index (χ0n) is 10.9. The van der Waals surface area contributed by atoms with Crippen molar-refractivity contribution in [3.8, 4) is 0 Å². The Morgan fingerprint density at radius 1 is 1.33 bits per heavy atom. The maximum Gasteiger partial charge on any atom is 0.304 e. The molecule has 1 N–H and O–H groups in total. The van der Waals surface area contributed by atoms with E-state index in [1.54, 1.807) is 33.3 Å². The van der Waals surface area contributed by atoms with Crippen LogP contribution in [0.4, 0.5) is 0 Å². The van der Waals surface area contributed by atoms with Gasteiger partial charge in [0, 0.05) is 26.0 Å². The zero-order chi connectivity index (χ0) is 13.8. The maximum atomic E-state index is 12.2. The molecule has 0 spiro atoms. The van der Waals surface area contributed by atoms with Crippen molar-refractivity contribution in [3.63, 3.8) is 0 Å². The van der Waals surface area contributed by atoms with E-state index >= 15 is 0 Å². The van der Waals surface area contributed by atoms with Gasteiger partial charge in [-0.25, -0.2) is 0 Å². The first-order valence-electron chi connectivity index (χ1n) is 5.69. The number of nitrogens with zero attached hydrogens (tertiary/aromatic N) is 2. The summed E-state index contributed by atoms with van der Waals surface area (Å²) in [4.78, 5) is 28.3. The molecule has 0 aliphatic carbocycles. The number of amides is 1. The average Bonchev–Trinajstić information content (AvgIpc) is 2.27. The fourth-order valence-corrected chi connectivity index (χ4v) is 1.80. The van der Waals surface area contributed by atoms with Crippen molar-refractivity contribution in [2.45, 2.75) is 26.8 Å². The number of aromatic nitrogens is 1. The van der Waals surface area contributed by atoms with Gasteiger partial charge in [0.25, 0.3) is 0 Å². The molecular formula is C13H18N2O3. The standard InChI is InChI=1S/C13H18N2O3/c1-13(2,8-11(16)17)12(18)15(3)9-10-4-6-14-7-5-10/h4-7H,8-9H2,1-3H3,(H,16,17). The van der Waals surface area contributed by atoms with Gasteiger partial charge < -0.3 is 10.0 Å². The summed E-state index contributed by atoms with van der Waals surface area (Å²) in [6, 6.07) is 3.65. The minimum atomic E-state index is -0.967. The van der Waals surface area contributed by atoms with Crippen molar-refractivity contribution in [1.82, 2.24) is 9.88 Å². The lowest BCUT2D eigenvalue weighted by atomic mass is 9.87. The van der Waals surface area contributed by atoms with Crippen LogP contribution in [0, 0.1) is 5.41 Å². The summed E-state index contributed by atoms with van der Waals surface area (Å²) in [5.74, 6) is -1.15. The SMILES string of the molecule is CN(Cc1ccncc1)C(=O)C(C)(C)CC(=O)O. The lowest BCUT2D eigenvalue weighted by molar-refractivity contribution is -0.148. The van der Waals surface area contributed by atoms with Crippen LogP contribution >= 0.6 is 0 Å². The van der Waals surface area contributed by atoms with E-state index in [9.17, 15) is 9.59 Å². The first-order valence-corrected chi connectivity index (χ1v) is 5.69. The highest BCUT2D eigenvalue weighted by molar-refractivity contribution is 5.86. The summed E-state index contributed by atoms with van der Waals surface area (Å²) in [5, 5.41) is 8.79. The van der Waals surface area contributed by atoms with Crippen LogP contribution in [-0.2, 0) is 16.1 Å². The molecule has 0 unspecified atom stereocenters. The number of hydrogen-bond donors (Lipinski definition) is 1. The molecular weight excluding hydrogens is 232 g/mol. The van der Waals surface area contributed by atoms with Crippen molar-refractivity contribution in [2.75, 3.05) is 7.05 Å². The van der Waals surface area contributed by atoms with Gasteiger partial charge in [0.05, 0.1) is 11.8 Å². The Morgan fingerprint density at radius 2 is 1.89 bits per heavy atom. The van der Waals surface area contributed by atoms with Crippen molar-refractivity contribution < 1.29 is 14.7 Å². The quantitative estimate of drug-likeness (QED) is 0.860. The predicted octanol–water partition coefficient (Wildman–Crippen LogP) is 1.54. The average molecular weight is 250 g/mol. The Morgan fingerprint density at radius 3 is 2.39 bits per heavy atom. The summed E-state index contributed by atoms with van der Waals surface area (Å²) in [5.41, 5.74) is 0.0696. The number of carboxylic acid groups (broad SMARTS) is 1. The van der Waals surface area contributed by atoms with Gasteiger partial charge in [0.2, 0.25) is 5.91 Å². The second-order valence-electron chi connectivity index (χ2n) is 4.97. The number of hydrogen-bond acceptors (Lipinski definition) is 3. The highest BCUT2D eigenvalue weighted by atomic mass is 16.4. The highest BCUT2D eigenvalue weighted by Gasteiger charge is 2.32. The number of rotatable bonds is 5. The largest absolute Gasteiger partial charge is 0.481 e. The third-order valence-corrected chi connectivity index (χ3v) is 2.69. The fraction of sp³-hybridized carbons (Fsp3) is 0.462. The molecule has 0 aliphatic rings. The number of pyridine rings is 1. The molecule has 1 aromatic rings. The third-order valence-electron chi connectivity index (χ3n) is 2.69. The second-order valence-corrected chi connectivity index (χ2v) is 4.97. The molecule has 18 heavy (non-hydrogen) atoms. The van der Waals surface area contributed by atoms with Crippen LogP contribution in [0.1, 0.15) is 25.8 Å². The summed E-state index contributed by atoms with van der Waals surface area (Å²) in [6.07, 6.45) is 3.15. The van der Waals surface area contributed by atoms with Gasteiger partial charge in [0.15, 0.2) is 0 Å². The van der Waals surface area contributed by atoms with Gasteiger partial charge in [-0.15, -0.1) is 0 Å².